The zero-order valence-electron chi connectivity index (χ0n) is 24.2. The Morgan fingerprint density at radius 2 is 1.30 bits per heavy atom. The molecule has 2 heterocycles. The molecule has 0 unspecified atom stereocenters. The van der Waals surface area contributed by atoms with Gasteiger partial charge in [0.1, 0.15) is 43.5 Å². The van der Waals surface area contributed by atoms with E-state index >= 15 is 0 Å². The fraction of sp³-hybridized carbons (Fsp3) is 0.387. The highest BCUT2D eigenvalue weighted by Crippen LogP contribution is 2.40. The number of nitrogens with zero attached hydrogens (tertiary/aromatic N) is 2. The van der Waals surface area contributed by atoms with Crippen LogP contribution in [0.2, 0.25) is 0 Å². The van der Waals surface area contributed by atoms with Crippen LogP contribution in [0.1, 0.15) is 19.4 Å². The second-order valence-corrected chi connectivity index (χ2v) is 13.5. The molecule has 0 radical (unpaired) electrons. The maximum absolute atomic E-state index is 14.7. The number of halogens is 1. The van der Waals surface area contributed by atoms with Crippen molar-refractivity contribution in [2.75, 3.05) is 26.9 Å². The second kappa shape index (κ2) is 13.3. The first-order chi connectivity index (χ1) is 20.6. The molecular formula is C31H35BrN2O8S. The zero-order valence-corrected chi connectivity index (χ0v) is 26.6. The quantitative estimate of drug-likeness (QED) is 0.292. The third-order valence-electron chi connectivity index (χ3n) is 7.35. The third-order valence-corrected chi connectivity index (χ3v) is 9.86. The Hall–Kier alpha value is -3.00. The van der Waals surface area contributed by atoms with Gasteiger partial charge in [0.15, 0.2) is 5.79 Å². The number of benzene rings is 3. The van der Waals surface area contributed by atoms with E-state index in [2.05, 4.69) is 15.9 Å². The Morgan fingerprint density at radius 3 is 1.79 bits per heavy atom. The number of methoxy groups -OCH3 is 1. The van der Waals surface area contributed by atoms with E-state index in [1.165, 1.54) is 11.4 Å². The van der Waals surface area contributed by atoms with Crippen LogP contribution in [0.15, 0.2) is 89.4 Å². The van der Waals surface area contributed by atoms with Gasteiger partial charge in [-0.3, -0.25) is 4.79 Å². The lowest BCUT2D eigenvalue weighted by Gasteiger charge is -2.35. The van der Waals surface area contributed by atoms with Gasteiger partial charge in [-0.25, -0.2) is 0 Å². The van der Waals surface area contributed by atoms with E-state index in [0.717, 1.165) is 14.3 Å². The molecule has 10 nitrogen and oxygen atoms in total. The van der Waals surface area contributed by atoms with Crippen molar-refractivity contribution in [2.45, 2.75) is 50.5 Å². The number of carbonyl (C=O) groups is 1. The smallest absolute Gasteiger partial charge is 0.321 e. The van der Waals surface area contributed by atoms with Crippen LogP contribution >= 0.6 is 15.9 Å². The van der Waals surface area contributed by atoms with E-state index in [9.17, 15) is 13.2 Å². The van der Waals surface area contributed by atoms with Gasteiger partial charge in [-0.1, -0.05) is 64.5 Å². The predicted molar refractivity (Wildman–Crippen MR) is 163 cm³/mol. The highest BCUT2D eigenvalue weighted by molar-refractivity contribution is 9.10. The summed E-state index contributed by atoms with van der Waals surface area (Å²) >= 11 is 3.44. The summed E-state index contributed by atoms with van der Waals surface area (Å²) in [6.45, 7) is 2.89. The van der Waals surface area contributed by atoms with Gasteiger partial charge in [0, 0.05) is 11.0 Å². The zero-order chi connectivity index (χ0) is 30.6. The molecule has 230 valence electrons. The van der Waals surface area contributed by atoms with Crippen molar-refractivity contribution >= 4 is 32.1 Å². The van der Waals surface area contributed by atoms with E-state index in [1.54, 1.807) is 38.1 Å². The molecule has 2 aliphatic rings. The van der Waals surface area contributed by atoms with Crippen LogP contribution in [0.4, 0.5) is 0 Å². The lowest BCUT2D eigenvalue weighted by atomic mass is 9.99. The second-order valence-electron chi connectivity index (χ2n) is 10.7. The molecule has 0 amide bonds. The fourth-order valence-electron chi connectivity index (χ4n) is 5.33. The molecule has 12 heteroatoms. The number of rotatable bonds is 10. The number of esters is 1. The molecule has 4 atom stereocenters. The van der Waals surface area contributed by atoms with Crippen molar-refractivity contribution < 1.29 is 36.9 Å². The molecule has 3 aromatic carbocycles. The molecule has 2 fully saturated rings. The fourth-order valence-corrected chi connectivity index (χ4v) is 7.49. The minimum absolute atomic E-state index is 0.00459. The molecule has 0 saturated carbocycles. The Kier molecular flexibility index (Phi) is 9.74. The summed E-state index contributed by atoms with van der Waals surface area (Å²) in [5.41, 5.74) is 0.739. The lowest BCUT2D eigenvalue weighted by Crippen LogP contribution is -2.55. The van der Waals surface area contributed by atoms with E-state index in [4.69, 9.17) is 23.7 Å². The highest BCUT2D eigenvalue weighted by atomic mass is 79.9. The van der Waals surface area contributed by atoms with Crippen molar-refractivity contribution in [2.24, 2.45) is 0 Å². The average Bonchev–Trinajstić information content (AvgIpc) is 3.30. The topological polar surface area (TPSA) is 104 Å². The molecule has 3 aromatic rings. The number of fused-ring (bicyclic) bond motifs is 1. The molecule has 0 aromatic heterocycles. The first kappa shape index (κ1) is 31.4. The normalized spacial score (nSPS) is 24.9. The summed E-state index contributed by atoms with van der Waals surface area (Å²) in [5.74, 6) is -0.636. The van der Waals surface area contributed by atoms with E-state index in [-0.39, 0.29) is 19.8 Å². The SMILES string of the molecule is COC(=O)CN1[C@H](COc2ccccc2)[C@@H]2OC(C)(C)O[C@H]2[C@@H](COc2ccccc2)N(Cc2ccc(Br)cc2)S1(=O)=O. The van der Waals surface area contributed by atoms with Crippen molar-refractivity contribution in [1.82, 2.24) is 8.61 Å². The monoisotopic (exact) mass is 674 g/mol. The predicted octanol–water partition coefficient (Wildman–Crippen LogP) is 4.40. The van der Waals surface area contributed by atoms with Gasteiger partial charge in [0.05, 0.1) is 19.2 Å². The van der Waals surface area contributed by atoms with Crippen molar-refractivity contribution in [3.05, 3.63) is 95.0 Å². The Balaban J connectivity index is 1.61. The molecule has 2 aliphatic heterocycles. The maximum Gasteiger partial charge on any atom is 0.321 e. The minimum Gasteiger partial charge on any atom is -0.492 e. The van der Waals surface area contributed by atoms with Crippen LogP contribution in [0, 0.1) is 0 Å². The summed E-state index contributed by atoms with van der Waals surface area (Å²) in [6.07, 6.45) is -1.58. The number of carbonyl (C=O) groups excluding carboxylic acids is 1. The average molecular weight is 676 g/mol. The van der Waals surface area contributed by atoms with E-state index in [1.807, 2.05) is 60.7 Å². The summed E-state index contributed by atoms with van der Waals surface area (Å²) in [7, 11) is -3.14. The summed E-state index contributed by atoms with van der Waals surface area (Å²) in [4.78, 5) is 12.7. The van der Waals surface area contributed by atoms with Gasteiger partial charge >= 0.3 is 5.97 Å². The molecular weight excluding hydrogens is 640 g/mol. The minimum atomic E-state index is -4.37. The van der Waals surface area contributed by atoms with Crippen molar-refractivity contribution in [3.63, 3.8) is 0 Å². The van der Waals surface area contributed by atoms with Crippen LogP contribution in [0.5, 0.6) is 11.5 Å². The summed E-state index contributed by atoms with van der Waals surface area (Å²) < 4.78 is 62.8. The molecule has 43 heavy (non-hydrogen) atoms. The summed E-state index contributed by atoms with van der Waals surface area (Å²) in [6, 6.07) is 23.8. The van der Waals surface area contributed by atoms with Crippen LogP contribution in [-0.2, 0) is 35.8 Å². The van der Waals surface area contributed by atoms with Crippen molar-refractivity contribution in [3.8, 4) is 11.5 Å². The molecule has 2 saturated heterocycles. The van der Waals surface area contributed by atoms with Gasteiger partial charge < -0.3 is 23.7 Å². The van der Waals surface area contributed by atoms with E-state index in [0.29, 0.717) is 11.5 Å². The first-order valence-electron chi connectivity index (χ1n) is 13.9. The number of para-hydroxylation sites is 2. The Morgan fingerprint density at radius 1 is 0.814 bits per heavy atom. The number of hydrogen-bond acceptors (Lipinski definition) is 8. The standard InChI is InChI=1S/C31H35BrN2O8S/c1-31(2)41-29-26(20-39-24-10-6-4-7-11-24)33(18-22-14-16-23(32)17-15-22)43(36,37)34(19-28(35)38-3)27(30(29)42-31)21-40-25-12-8-5-9-13-25/h4-17,26-27,29-30H,18-21H2,1-3H3/t26-,27-,29+,30+/m1/s1. The van der Waals surface area contributed by atoms with Crippen LogP contribution < -0.4 is 9.47 Å². The first-order valence-corrected chi connectivity index (χ1v) is 16.1. The highest BCUT2D eigenvalue weighted by Gasteiger charge is 2.59. The molecule has 0 bridgehead atoms. The summed E-state index contributed by atoms with van der Waals surface area (Å²) in [5, 5.41) is 0. The third kappa shape index (κ3) is 7.39. The van der Waals surface area contributed by atoms with Gasteiger partial charge in [-0.15, -0.1) is 0 Å². The number of ether oxygens (including phenoxy) is 5. The van der Waals surface area contributed by atoms with Crippen LogP contribution in [0.25, 0.3) is 0 Å². The largest absolute Gasteiger partial charge is 0.492 e. The molecule has 0 N–H and O–H groups in total. The Labute approximate surface area is 260 Å². The Bertz CT molecular complexity index is 1470. The molecule has 0 aliphatic carbocycles. The van der Waals surface area contributed by atoms with Gasteiger partial charge in [0.25, 0.3) is 10.2 Å². The van der Waals surface area contributed by atoms with Crippen molar-refractivity contribution in [1.29, 1.82) is 0 Å². The van der Waals surface area contributed by atoms with Crippen LogP contribution in [0.3, 0.4) is 0 Å². The molecule has 5 rings (SSSR count). The van der Waals surface area contributed by atoms with E-state index < -0.39 is 52.8 Å². The van der Waals surface area contributed by atoms with Crippen LogP contribution in [-0.4, -0.2) is 79.9 Å². The molecule has 0 spiro atoms. The maximum atomic E-state index is 14.7. The lowest BCUT2D eigenvalue weighted by molar-refractivity contribution is -0.157. The number of hydrogen-bond donors (Lipinski definition) is 0. The van der Waals surface area contributed by atoms with Gasteiger partial charge in [-0.2, -0.15) is 17.0 Å². The van der Waals surface area contributed by atoms with Gasteiger partial charge in [-0.05, 0) is 55.8 Å². The van der Waals surface area contributed by atoms with Gasteiger partial charge in [0.2, 0.25) is 0 Å².